The molecule has 0 aromatic heterocycles. The van der Waals surface area contributed by atoms with E-state index in [1.54, 1.807) is 0 Å². The zero-order valence-electron chi connectivity index (χ0n) is 4.23. The molecule has 0 amide bonds. The minimum atomic E-state index is -0.813. The summed E-state index contributed by atoms with van der Waals surface area (Å²) in [6, 6.07) is 0. The number of alkyl halides is 4. The van der Waals surface area contributed by atoms with Gasteiger partial charge in [0.05, 0.1) is 5.38 Å². The summed E-state index contributed by atoms with van der Waals surface area (Å²) in [7, 11) is 0. The van der Waals surface area contributed by atoms with E-state index in [9.17, 15) is 4.79 Å². The lowest BCUT2D eigenvalue weighted by atomic mass is 10.3. The Kier molecular flexibility index (Phi) is 5.04. The van der Waals surface area contributed by atoms with Crippen LogP contribution < -0.4 is 0 Å². The molecule has 0 aromatic rings. The number of carbonyl (C=O) groups excluding carboxylic acids is 1. The first-order chi connectivity index (χ1) is 4.09. The summed E-state index contributed by atoms with van der Waals surface area (Å²) < 4.78 is 0. The standard InChI is InChI=1S/C4H4Cl4O/c5-2(1-9)3(6)4(7)8/h1-4H. The zero-order chi connectivity index (χ0) is 7.44. The Morgan fingerprint density at radius 1 is 1.11 bits per heavy atom. The van der Waals surface area contributed by atoms with E-state index in [2.05, 4.69) is 0 Å². The second-order valence-corrected chi connectivity index (χ2v) is 3.53. The molecular weight excluding hydrogens is 206 g/mol. The van der Waals surface area contributed by atoms with Crippen molar-refractivity contribution in [3.05, 3.63) is 0 Å². The molecule has 0 rings (SSSR count). The fourth-order valence-electron chi connectivity index (χ4n) is 0.214. The smallest absolute Gasteiger partial charge is 0.139 e. The predicted octanol–water partition coefficient (Wildman–Crippen LogP) is 2.20. The molecule has 0 aliphatic heterocycles. The normalized spacial score (nSPS) is 17.4. The Bertz CT molecular complexity index is 94.6. The van der Waals surface area contributed by atoms with Crippen molar-refractivity contribution in [2.45, 2.75) is 15.6 Å². The molecule has 0 saturated heterocycles. The van der Waals surface area contributed by atoms with Crippen LogP contribution in [0.25, 0.3) is 0 Å². The van der Waals surface area contributed by atoms with Crippen LogP contribution in [0.15, 0.2) is 0 Å². The molecule has 0 bridgehead atoms. The molecule has 5 heteroatoms. The first kappa shape index (κ1) is 9.83. The molecule has 0 radical (unpaired) electrons. The van der Waals surface area contributed by atoms with E-state index in [1.165, 1.54) is 0 Å². The summed E-state index contributed by atoms with van der Waals surface area (Å²) in [5, 5.41) is -1.53. The molecule has 0 aromatic carbocycles. The van der Waals surface area contributed by atoms with Crippen LogP contribution in [0.4, 0.5) is 0 Å². The van der Waals surface area contributed by atoms with Gasteiger partial charge in [0.2, 0.25) is 0 Å². The van der Waals surface area contributed by atoms with Gasteiger partial charge in [-0.2, -0.15) is 0 Å². The zero-order valence-corrected chi connectivity index (χ0v) is 7.25. The summed E-state index contributed by atoms with van der Waals surface area (Å²) in [5.74, 6) is 0. The number of hydrogen-bond acceptors (Lipinski definition) is 1. The van der Waals surface area contributed by atoms with Gasteiger partial charge in [0.25, 0.3) is 0 Å². The van der Waals surface area contributed by atoms with E-state index in [0.717, 1.165) is 0 Å². The third kappa shape index (κ3) is 3.51. The summed E-state index contributed by atoms with van der Waals surface area (Å²) in [4.78, 5) is 9.11. The van der Waals surface area contributed by atoms with E-state index in [0.29, 0.717) is 6.29 Å². The van der Waals surface area contributed by atoms with Gasteiger partial charge >= 0.3 is 0 Å². The molecule has 0 spiro atoms. The summed E-state index contributed by atoms with van der Waals surface area (Å²) in [6.07, 6.45) is 0.497. The van der Waals surface area contributed by atoms with E-state index in [-0.39, 0.29) is 0 Å². The molecule has 0 aliphatic carbocycles. The molecule has 0 heterocycles. The maximum Gasteiger partial charge on any atom is 0.139 e. The van der Waals surface area contributed by atoms with Crippen LogP contribution >= 0.6 is 46.4 Å². The average molecular weight is 210 g/mol. The number of carbonyl (C=O) groups is 1. The quantitative estimate of drug-likeness (QED) is 0.515. The highest BCUT2D eigenvalue weighted by atomic mass is 35.5. The van der Waals surface area contributed by atoms with Crippen LogP contribution in [-0.4, -0.2) is 21.9 Å². The SMILES string of the molecule is O=CC(Cl)C(Cl)C(Cl)Cl. The van der Waals surface area contributed by atoms with Crippen molar-refractivity contribution in [1.82, 2.24) is 0 Å². The highest BCUT2D eigenvalue weighted by molar-refractivity contribution is 6.50. The maximum atomic E-state index is 9.92. The van der Waals surface area contributed by atoms with E-state index < -0.39 is 15.6 Å². The number of halogens is 4. The molecule has 54 valence electrons. The highest BCUT2D eigenvalue weighted by Gasteiger charge is 2.22. The van der Waals surface area contributed by atoms with Gasteiger partial charge in [-0.25, -0.2) is 0 Å². The fourth-order valence-corrected chi connectivity index (χ4v) is 0.881. The van der Waals surface area contributed by atoms with Crippen LogP contribution in [0.2, 0.25) is 0 Å². The van der Waals surface area contributed by atoms with Crippen molar-refractivity contribution >= 4 is 52.7 Å². The lowest BCUT2D eigenvalue weighted by Crippen LogP contribution is -2.22. The van der Waals surface area contributed by atoms with Crippen LogP contribution in [0.3, 0.4) is 0 Å². The summed E-state index contributed by atoms with van der Waals surface area (Å²) in [6.45, 7) is 0. The summed E-state index contributed by atoms with van der Waals surface area (Å²) in [5.41, 5.74) is 0. The Labute approximate surface area is 73.2 Å². The van der Waals surface area contributed by atoms with Crippen LogP contribution in [-0.2, 0) is 4.79 Å². The van der Waals surface area contributed by atoms with Crippen molar-refractivity contribution in [1.29, 1.82) is 0 Å². The Morgan fingerprint density at radius 3 is 1.67 bits per heavy atom. The summed E-state index contributed by atoms with van der Waals surface area (Å²) >= 11 is 21.4. The van der Waals surface area contributed by atoms with Gasteiger partial charge in [0, 0.05) is 0 Å². The van der Waals surface area contributed by atoms with Crippen LogP contribution in [0.5, 0.6) is 0 Å². The van der Waals surface area contributed by atoms with Gasteiger partial charge in [-0.3, -0.25) is 0 Å². The lowest BCUT2D eigenvalue weighted by molar-refractivity contribution is -0.107. The van der Waals surface area contributed by atoms with Crippen molar-refractivity contribution in [3.63, 3.8) is 0 Å². The van der Waals surface area contributed by atoms with Crippen molar-refractivity contribution in [2.75, 3.05) is 0 Å². The van der Waals surface area contributed by atoms with Gasteiger partial charge in [-0.1, -0.05) is 0 Å². The van der Waals surface area contributed by atoms with Crippen LogP contribution in [0, 0.1) is 0 Å². The second-order valence-electron chi connectivity index (χ2n) is 1.36. The largest absolute Gasteiger partial charge is 0.302 e. The molecule has 0 saturated carbocycles. The molecule has 1 nitrogen and oxygen atoms in total. The molecule has 0 aliphatic rings. The Morgan fingerprint density at radius 2 is 1.56 bits per heavy atom. The molecule has 9 heavy (non-hydrogen) atoms. The fraction of sp³-hybridized carbons (Fsp3) is 0.750. The number of hydrogen-bond donors (Lipinski definition) is 0. The van der Waals surface area contributed by atoms with Gasteiger partial charge in [-0.15, -0.1) is 46.4 Å². The van der Waals surface area contributed by atoms with Gasteiger partial charge in [0.1, 0.15) is 16.5 Å². The number of aldehydes is 1. The van der Waals surface area contributed by atoms with Crippen molar-refractivity contribution in [2.24, 2.45) is 0 Å². The monoisotopic (exact) mass is 208 g/mol. The molecule has 0 fully saturated rings. The molecule has 2 atom stereocenters. The predicted molar refractivity (Wildman–Crippen MR) is 40.8 cm³/mol. The van der Waals surface area contributed by atoms with Gasteiger partial charge in [-0.05, 0) is 0 Å². The maximum absolute atomic E-state index is 9.92. The van der Waals surface area contributed by atoms with E-state index in [4.69, 9.17) is 46.4 Å². The van der Waals surface area contributed by atoms with E-state index >= 15 is 0 Å². The number of rotatable bonds is 3. The lowest BCUT2D eigenvalue weighted by Gasteiger charge is -2.09. The first-order valence-corrected chi connectivity index (χ1v) is 3.85. The van der Waals surface area contributed by atoms with Crippen molar-refractivity contribution < 1.29 is 4.79 Å². The van der Waals surface area contributed by atoms with E-state index in [1.807, 2.05) is 0 Å². The van der Waals surface area contributed by atoms with Crippen molar-refractivity contribution in [3.8, 4) is 0 Å². The van der Waals surface area contributed by atoms with Gasteiger partial charge in [0.15, 0.2) is 0 Å². The Balaban J connectivity index is 3.71. The third-order valence-electron chi connectivity index (χ3n) is 0.675. The average Bonchev–Trinajstić information content (AvgIpc) is 1.84. The minimum absolute atomic E-state index is 0.497. The minimum Gasteiger partial charge on any atom is -0.302 e. The first-order valence-electron chi connectivity index (χ1n) is 2.11. The highest BCUT2D eigenvalue weighted by Crippen LogP contribution is 2.19. The third-order valence-corrected chi connectivity index (χ3v) is 2.50. The topological polar surface area (TPSA) is 17.1 Å². The van der Waals surface area contributed by atoms with Crippen LogP contribution in [0.1, 0.15) is 0 Å². The molecule has 0 N–H and O–H groups in total. The molecular formula is C4H4Cl4O. The molecule has 2 unspecified atom stereocenters. The van der Waals surface area contributed by atoms with Gasteiger partial charge < -0.3 is 4.79 Å². The second kappa shape index (κ2) is 4.62. The Hall–Kier alpha value is 0.830.